The van der Waals surface area contributed by atoms with Crippen LogP contribution in [0.25, 0.3) is 0 Å². The van der Waals surface area contributed by atoms with Gasteiger partial charge in [-0.1, -0.05) is 42.5 Å². The smallest absolute Gasteiger partial charge is 0.227 e. The van der Waals surface area contributed by atoms with Crippen molar-refractivity contribution in [3.63, 3.8) is 0 Å². The molecule has 0 saturated carbocycles. The molecule has 2 aromatic rings. The van der Waals surface area contributed by atoms with Crippen molar-refractivity contribution in [1.82, 2.24) is 4.90 Å². The number of para-hydroxylation sites is 2. The summed E-state index contributed by atoms with van der Waals surface area (Å²) in [5, 5.41) is 0. The lowest BCUT2D eigenvalue weighted by atomic mass is 10.1. The van der Waals surface area contributed by atoms with E-state index in [4.69, 9.17) is 4.74 Å². The molecule has 5 heteroatoms. The molecule has 2 aromatic carbocycles. The van der Waals surface area contributed by atoms with Gasteiger partial charge in [0.25, 0.3) is 0 Å². The van der Waals surface area contributed by atoms with Gasteiger partial charge in [0.05, 0.1) is 12.2 Å². The van der Waals surface area contributed by atoms with Crippen LogP contribution in [-0.4, -0.2) is 36.4 Å². The Bertz CT molecular complexity index is 776. The van der Waals surface area contributed by atoms with Gasteiger partial charge < -0.3 is 14.5 Å². The molecule has 0 aliphatic carbocycles. The molecule has 0 spiro atoms. The third-order valence-electron chi connectivity index (χ3n) is 4.47. The Morgan fingerprint density at radius 3 is 2.54 bits per heavy atom. The van der Waals surface area contributed by atoms with Crippen LogP contribution in [0.1, 0.15) is 25.3 Å². The fraction of sp³-hybridized carbons (Fsp3) is 0.333. The second-order valence-electron chi connectivity index (χ2n) is 6.64. The highest BCUT2D eigenvalue weighted by Gasteiger charge is 2.27. The molecular weight excluding hydrogens is 328 g/mol. The number of benzene rings is 2. The topological polar surface area (TPSA) is 49.9 Å². The van der Waals surface area contributed by atoms with Crippen molar-refractivity contribution in [2.75, 3.05) is 18.5 Å². The number of nitrogens with zero attached hydrogens (tertiary/aromatic N) is 2. The molecule has 0 saturated heterocycles. The summed E-state index contributed by atoms with van der Waals surface area (Å²) in [4.78, 5) is 28.5. The molecule has 5 nitrogen and oxygen atoms in total. The maximum Gasteiger partial charge on any atom is 0.227 e. The predicted octanol–water partition coefficient (Wildman–Crippen LogP) is 3.24. The summed E-state index contributed by atoms with van der Waals surface area (Å²) in [5.41, 5.74) is 1.85. The maximum atomic E-state index is 12.7. The van der Waals surface area contributed by atoms with Crippen LogP contribution in [-0.2, 0) is 16.1 Å². The standard InChI is InChI=1S/C21H24N2O3/c1-16-14-23(18-10-6-7-11-19(18)26-16)21(25)13-12-20(24)22(2)15-17-8-4-3-5-9-17/h3-11,16H,12-15H2,1-2H3/t16-/m0/s1. The number of carbonyl (C=O) groups is 2. The third-order valence-corrected chi connectivity index (χ3v) is 4.47. The number of ether oxygens (including phenoxy) is 1. The van der Waals surface area contributed by atoms with Gasteiger partial charge in [-0.05, 0) is 24.6 Å². The molecule has 0 N–H and O–H groups in total. The first-order valence-corrected chi connectivity index (χ1v) is 8.88. The zero-order valence-corrected chi connectivity index (χ0v) is 15.2. The molecule has 2 amide bonds. The predicted molar refractivity (Wildman–Crippen MR) is 101 cm³/mol. The third kappa shape index (κ3) is 4.23. The summed E-state index contributed by atoms with van der Waals surface area (Å²) in [7, 11) is 1.77. The molecular formula is C21H24N2O3. The van der Waals surface area contributed by atoms with Gasteiger partial charge in [-0.15, -0.1) is 0 Å². The van der Waals surface area contributed by atoms with Crippen LogP contribution in [0.2, 0.25) is 0 Å². The summed E-state index contributed by atoms with van der Waals surface area (Å²) in [6.07, 6.45) is 0.333. The van der Waals surface area contributed by atoms with E-state index < -0.39 is 0 Å². The molecule has 136 valence electrons. The second-order valence-corrected chi connectivity index (χ2v) is 6.64. The van der Waals surface area contributed by atoms with Crippen molar-refractivity contribution < 1.29 is 14.3 Å². The minimum atomic E-state index is -0.0645. The first-order chi connectivity index (χ1) is 12.5. The Labute approximate surface area is 154 Å². The van der Waals surface area contributed by atoms with Gasteiger partial charge in [0.15, 0.2) is 0 Å². The average Bonchev–Trinajstić information content (AvgIpc) is 2.65. The van der Waals surface area contributed by atoms with Gasteiger partial charge in [-0.25, -0.2) is 0 Å². The molecule has 26 heavy (non-hydrogen) atoms. The van der Waals surface area contributed by atoms with E-state index >= 15 is 0 Å². The Morgan fingerprint density at radius 1 is 1.08 bits per heavy atom. The molecule has 1 atom stereocenters. The van der Waals surface area contributed by atoms with E-state index in [0.29, 0.717) is 18.8 Å². The number of amides is 2. The number of hydrogen-bond acceptors (Lipinski definition) is 3. The monoisotopic (exact) mass is 352 g/mol. The van der Waals surface area contributed by atoms with Crippen LogP contribution in [0, 0.1) is 0 Å². The lowest BCUT2D eigenvalue weighted by molar-refractivity contribution is -0.132. The van der Waals surface area contributed by atoms with Crippen LogP contribution in [0.4, 0.5) is 5.69 Å². The normalized spacial score (nSPS) is 15.8. The van der Waals surface area contributed by atoms with Gasteiger partial charge in [0.1, 0.15) is 11.9 Å². The van der Waals surface area contributed by atoms with E-state index in [1.165, 1.54) is 0 Å². The van der Waals surface area contributed by atoms with Gasteiger partial charge in [0, 0.05) is 26.4 Å². The van der Waals surface area contributed by atoms with E-state index in [1.807, 2.05) is 61.5 Å². The molecule has 0 unspecified atom stereocenters. The zero-order valence-electron chi connectivity index (χ0n) is 15.2. The molecule has 0 radical (unpaired) electrons. The Morgan fingerprint density at radius 2 is 1.77 bits per heavy atom. The van der Waals surface area contributed by atoms with E-state index in [9.17, 15) is 9.59 Å². The number of hydrogen-bond donors (Lipinski definition) is 0. The molecule has 3 rings (SSSR count). The maximum absolute atomic E-state index is 12.7. The van der Waals surface area contributed by atoms with E-state index in [1.54, 1.807) is 16.8 Å². The Hall–Kier alpha value is -2.82. The molecule has 1 aliphatic heterocycles. The summed E-state index contributed by atoms with van der Waals surface area (Å²) in [6.45, 7) is 2.99. The second kappa shape index (κ2) is 8.04. The van der Waals surface area contributed by atoms with Crippen molar-refractivity contribution in [3.05, 3.63) is 60.2 Å². The lowest BCUT2D eigenvalue weighted by Crippen LogP contribution is -2.42. The number of anilines is 1. The Balaban J connectivity index is 1.58. The van der Waals surface area contributed by atoms with Crippen molar-refractivity contribution in [1.29, 1.82) is 0 Å². The van der Waals surface area contributed by atoms with Crippen molar-refractivity contribution in [2.45, 2.75) is 32.4 Å². The molecule has 0 aromatic heterocycles. The van der Waals surface area contributed by atoms with Gasteiger partial charge in [0.2, 0.25) is 11.8 Å². The van der Waals surface area contributed by atoms with Crippen molar-refractivity contribution in [3.8, 4) is 5.75 Å². The molecule has 1 aliphatic rings. The summed E-state index contributed by atoms with van der Waals surface area (Å²) in [6, 6.07) is 17.3. The van der Waals surface area contributed by atoms with Crippen molar-refractivity contribution in [2.24, 2.45) is 0 Å². The molecule has 0 bridgehead atoms. The summed E-state index contributed by atoms with van der Waals surface area (Å²) >= 11 is 0. The largest absolute Gasteiger partial charge is 0.487 e. The quantitative estimate of drug-likeness (QED) is 0.830. The van der Waals surface area contributed by atoms with Crippen LogP contribution >= 0.6 is 0 Å². The van der Waals surface area contributed by atoms with Crippen LogP contribution in [0.15, 0.2) is 54.6 Å². The first kappa shape index (κ1) is 18.0. The first-order valence-electron chi connectivity index (χ1n) is 8.88. The van der Waals surface area contributed by atoms with Crippen LogP contribution < -0.4 is 9.64 Å². The fourth-order valence-electron chi connectivity index (χ4n) is 3.11. The minimum absolute atomic E-state index is 0.0307. The van der Waals surface area contributed by atoms with Crippen LogP contribution in [0.3, 0.4) is 0 Å². The van der Waals surface area contributed by atoms with Crippen molar-refractivity contribution >= 4 is 17.5 Å². The minimum Gasteiger partial charge on any atom is -0.487 e. The van der Waals surface area contributed by atoms with Crippen LogP contribution in [0.5, 0.6) is 5.75 Å². The zero-order chi connectivity index (χ0) is 18.5. The summed E-state index contributed by atoms with van der Waals surface area (Å²) < 4.78 is 5.77. The highest BCUT2D eigenvalue weighted by Crippen LogP contribution is 2.33. The van der Waals surface area contributed by atoms with Gasteiger partial charge in [-0.2, -0.15) is 0 Å². The summed E-state index contributed by atoms with van der Waals surface area (Å²) in [5.74, 6) is 0.637. The highest BCUT2D eigenvalue weighted by molar-refractivity contribution is 5.97. The van der Waals surface area contributed by atoms with E-state index in [0.717, 1.165) is 11.3 Å². The number of rotatable bonds is 5. The van der Waals surface area contributed by atoms with E-state index in [-0.39, 0.29) is 30.8 Å². The lowest BCUT2D eigenvalue weighted by Gasteiger charge is -2.33. The number of fused-ring (bicyclic) bond motifs is 1. The Kier molecular flexibility index (Phi) is 5.56. The highest BCUT2D eigenvalue weighted by atomic mass is 16.5. The molecule has 1 heterocycles. The molecule has 0 fully saturated rings. The van der Waals surface area contributed by atoms with E-state index in [2.05, 4.69) is 0 Å². The SMILES string of the molecule is C[C@H]1CN(C(=O)CCC(=O)N(C)Cc2ccccc2)c2ccccc2O1. The fourth-order valence-corrected chi connectivity index (χ4v) is 3.11. The average molecular weight is 352 g/mol. The van der Waals surface area contributed by atoms with Gasteiger partial charge in [-0.3, -0.25) is 9.59 Å². The van der Waals surface area contributed by atoms with Gasteiger partial charge >= 0.3 is 0 Å². The number of carbonyl (C=O) groups excluding carboxylic acids is 2.